The van der Waals surface area contributed by atoms with Crippen molar-refractivity contribution in [3.63, 3.8) is 0 Å². The zero-order valence-corrected chi connectivity index (χ0v) is 48.5. The molecule has 9 nitrogen and oxygen atoms in total. The molecular weight excluding hydrogens is 1090 g/mol. The van der Waals surface area contributed by atoms with Crippen molar-refractivity contribution in [1.82, 2.24) is 44.0 Å². The van der Waals surface area contributed by atoms with Crippen LogP contribution in [-0.4, -0.2) is 44.0 Å². The third-order valence-electron chi connectivity index (χ3n) is 18.4. The summed E-state index contributed by atoms with van der Waals surface area (Å²) in [7, 11) is 0. The molecule has 7 aromatic heterocycles. The van der Waals surface area contributed by atoms with Crippen molar-refractivity contribution in [3.05, 3.63) is 223 Å². The van der Waals surface area contributed by atoms with Crippen molar-refractivity contribution in [3.8, 4) is 68.8 Å². The van der Waals surface area contributed by atoms with Crippen LogP contribution in [0.15, 0.2) is 212 Å². The lowest BCUT2D eigenvalue weighted by Crippen LogP contribution is -2.08. The van der Waals surface area contributed by atoms with Crippen LogP contribution in [-0.2, 0) is 0 Å². The zero-order chi connectivity index (χ0) is 56.4. The van der Waals surface area contributed by atoms with Gasteiger partial charge in [-0.1, -0.05) is 177 Å². The predicted molar refractivity (Wildman–Crippen MR) is 355 cm³/mol. The van der Waals surface area contributed by atoms with E-state index in [1.54, 1.807) is 22.7 Å². The van der Waals surface area contributed by atoms with Crippen molar-refractivity contribution >= 4 is 107 Å². The van der Waals surface area contributed by atoms with Crippen LogP contribution in [0.1, 0.15) is 74.3 Å². The van der Waals surface area contributed by atoms with E-state index in [-0.39, 0.29) is 0 Å². The molecule has 86 heavy (non-hydrogen) atoms. The normalized spacial score (nSPS) is 14.3. The van der Waals surface area contributed by atoms with E-state index in [9.17, 15) is 0 Å². The second kappa shape index (κ2) is 19.9. The number of thiophene rings is 2. The molecule has 0 bridgehead atoms. The van der Waals surface area contributed by atoms with Gasteiger partial charge < -0.3 is 0 Å². The van der Waals surface area contributed by atoms with Gasteiger partial charge in [0.05, 0.1) is 22.1 Å². The second-order valence-corrected chi connectivity index (χ2v) is 25.4. The maximum atomic E-state index is 5.77. The van der Waals surface area contributed by atoms with Gasteiger partial charge in [0.1, 0.15) is 11.5 Å². The van der Waals surface area contributed by atoms with Gasteiger partial charge in [0, 0.05) is 84.1 Å². The Labute approximate surface area is 503 Å². The molecule has 0 N–H and O–H groups in total. The first-order valence-electron chi connectivity index (χ1n) is 30.1. The number of pyridine rings is 1. The molecular formula is C75H53N9S2. The molecule has 18 rings (SSSR count). The number of benzene rings is 9. The van der Waals surface area contributed by atoms with E-state index < -0.39 is 0 Å². The summed E-state index contributed by atoms with van der Waals surface area (Å²) in [6.07, 6.45) is 9.80. The summed E-state index contributed by atoms with van der Waals surface area (Å²) in [5.41, 5.74) is 11.3. The van der Waals surface area contributed by atoms with Gasteiger partial charge in [-0.15, -0.1) is 22.7 Å². The predicted octanol–water partition coefficient (Wildman–Crippen LogP) is 20.0. The van der Waals surface area contributed by atoms with Crippen LogP contribution in [0.4, 0.5) is 0 Å². The summed E-state index contributed by atoms with van der Waals surface area (Å²) in [6, 6.07) is 76.2. The molecule has 0 amide bonds. The lowest BCUT2D eigenvalue weighted by molar-refractivity contribution is 0.724. The molecule has 9 aromatic carbocycles. The molecule has 16 aromatic rings. The molecule has 0 atom stereocenters. The monoisotopic (exact) mass is 1140 g/mol. The molecule has 2 fully saturated rings. The fourth-order valence-electron chi connectivity index (χ4n) is 14.3. The highest BCUT2D eigenvalue weighted by Gasteiger charge is 2.28. The minimum absolute atomic E-state index is 0.495. The summed E-state index contributed by atoms with van der Waals surface area (Å²) in [6.45, 7) is 0. The Morgan fingerprint density at radius 3 is 1.33 bits per heavy atom. The van der Waals surface area contributed by atoms with E-state index in [2.05, 4.69) is 155 Å². The minimum atomic E-state index is 0.495. The lowest BCUT2D eigenvalue weighted by Gasteiger charge is -2.14. The van der Waals surface area contributed by atoms with Crippen molar-refractivity contribution < 1.29 is 0 Å². The van der Waals surface area contributed by atoms with Gasteiger partial charge in [0.2, 0.25) is 5.95 Å². The molecule has 0 aliphatic heterocycles. The third-order valence-corrected chi connectivity index (χ3v) is 20.8. The van der Waals surface area contributed by atoms with E-state index in [1.165, 1.54) is 104 Å². The minimum Gasteiger partial charge on any atom is -0.292 e. The number of rotatable bonds is 9. The Balaban J connectivity index is 0.948. The van der Waals surface area contributed by atoms with Crippen molar-refractivity contribution in [2.45, 2.75) is 63.2 Å². The van der Waals surface area contributed by atoms with E-state index in [0.29, 0.717) is 52.6 Å². The van der Waals surface area contributed by atoms with Crippen LogP contribution in [0.5, 0.6) is 0 Å². The van der Waals surface area contributed by atoms with E-state index in [0.717, 1.165) is 70.3 Å². The summed E-state index contributed by atoms with van der Waals surface area (Å²) in [5, 5.41) is 9.46. The summed E-state index contributed by atoms with van der Waals surface area (Å²) >= 11 is 3.59. The number of hydrogen-bond donors (Lipinski definition) is 0. The number of fused-ring (bicyclic) bond motifs is 13. The Bertz CT molecular complexity index is 5210. The van der Waals surface area contributed by atoms with E-state index >= 15 is 0 Å². The van der Waals surface area contributed by atoms with Crippen molar-refractivity contribution in [1.29, 1.82) is 0 Å². The first-order valence-corrected chi connectivity index (χ1v) is 31.7. The smallest absolute Gasteiger partial charge is 0.238 e. The van der Waals surface area contributed by atoms with E-state index in [4.69, 9.17) is 34.9 Å². The second-order valence-electron chi connectivity index (χ2n) is 23.3. The first-order chi connectivity index (χ1) is 42.6. The SMILES string of the molecule is c1ccc(-c2nc(-c3ccccc3)nc(-c3cccc(-n4c5ccc(C6CCCC6)cc5c5ccc6c7cc(C8CCCC8)ccc7n(-c7nc(-c8cccc9c8sc8ccccc89)nc(-c8cccc9c8sc8ccccc89)n7)c6c54)n3)n2)cc1. The molecule has 2 aliphatic carbocycles. The average molecular weight is 1140 g/mol. The highest BCUT2D eigenvalue weighted by atomic mass is 32.1. The summed E-state index contributed by atoms with van der Waals surface area (Å²) in [5.74, 6) is 5.26. The fourth-order valence-corrected chi connectivity index (χ4v) is 16.7. The maximum absolute atomic E-state index is 5.77. The lowest BCUT2D eigenvalue weighted by atomic mass is 9.95. The molecule has 7 heterocycles. The van der Waals surface area contributed by atoms with Gasteiger partial charge in [-0.2, -0.15) is 9.97 Å². The number of hydrogen-bond acceptors (Lipinski definition) is 9. The average Bonchev–Trinajstić information content (AvgIpc) is 1.65. The largest absolute Gasteiger partial charge is 0.292 e. The molecule has 0 saturated heterocycles. The Morgan fingerprint density at radius 2 is 0.779 bits per heavy atom. The number of nitrogens with zero attached hydrogens (tertiary/aromatic N) is 9. The topological polar surface area (TPSA) is 100 Å². The van der Waals surface area contributed by atoms with Gasteiger partial charge in [0.15, 0.2) is 29.1 Å². The molecule has 0 radical (unpaired) electrons. The first kappa shape index (κ1) is 49.6. The van der Waals surface area contributed by atoms with Gasteiger partial charge >= 0.3 is 0 Å². The van der Waals surface area contributed by atoms with Crippen molar-refractivity contribution in [2.24, 2.45) is 0 Å². The molecule has 2 aliphatic rings. The van der Waals surface area contributed by atoms with E-state index in [1.807, 2.05) is 66.7 Å². The Morgan fingerprint density at radius 1 is 0.326 bits per heavy atom. The van der Waals surface area contributed by atoms with Crippen LogP contribution in [0.3, 0.4) is 0 Å². The quantitative estimate of drug-likeness (QED) is 0.142. The zero-order valence-electron chi connectivity index (χ0n) is 46.9. The van der Waals surface area contributed by atoms with Crippen molar-refractivity contribution in [2.75, 3.05) is 0 Å². The molecule has 11 heteroatoms. The maximum Gasteiger partial charge on any atom is 0.238 e. The summed E-state index contributed by atoms with van der Waals surface area (Å²) in [4.78, 5) is 38.2. The molecule has 2 saturated carbocycles. The van der Waals surface area contributed by atoms with Gasteiger partial charge in [-0.3, -0.25) is 9.13 Å². The summed E-state index contributed by atoms with van der Waals surface area (Å²) < 4.78 is 9.50. The van der Waals surface area contributed by atoms with Crippen LogP contribution in [0.25, 0.3) is 153 Å². The van der Waals surface area contributed by atoms with Crippen LogP contribution in [0, 0.1) is 0 Å². The Hall–Kier alpha value is -9.81. The van der Waals surface area contributed by atoms with Crippen LogP contribution >= 0.6 is 22.7 Å². The Kier molecular flexibility index (Phi) is 11.5. The third kappa shape index (κ3) is 7.98. The van der Waals surface area contributed by atoms with Gasteiger partial charge in [0.25, 0.3) is 0 Å². The van der Waals surface area contributed by atoms with Crippen LogP contribution in [0.2, 0.25) is 0 Å². The number of aromatic nitrogens is 9. The standard InChI is InChI=1S/C75H53N9S2/c1-3-22-46(23-4-1)70-77-71(47-24-5-2-6-25-47)79-74(78-70)60-32-17-35-65(76-60)83-61-40-36-48(44-18-7-8-19-44)42-58(61)52-38-39-53-59-43-49(45-20-9-10-21-45)37-41-62(59)84(67(53)66(52)83)75-81-72(56-30-15-28-54-50-26-11-13-33-63(50)85-68(54)56)80-73(82-75)57-31-16-29-55-51-27-12-14-34-64(51)86-69(55)57/h1-6,11-17,22-45H,7-10,18-21H2. The molecule has 410 valence electrons. The molecule has 0 unspecified atom stereocenters. The highest BCUT2D eigenvalue weighted by molar-refractivity contribution is 7.26. The highest BCUT2D eigenvalue weighted by Crippen LogP contribution is 2.47. The van der Waals surface area contributed by atoms with Crippen LogP contribution < -0.4 is 0 Å². The fraction of sp³-hybridized carbons (Fsp3) is 0.133. The van der Waals surface area contributed by atoms with Gasteiger partial charge in [-0.25, -0.2) is 24.9 Å². The van der Waals surface area contributed by atoms with Gasteiger partial charge in [-0.05, 0) is 109 Å². The molecule has 0 spiro atoms.